The van der Waals surface area contributed by atoms with Crippen molar-refractivity contribution in [1.82, 2.24) is 0 Å². The number of esters is 1. The number of amides is 2. The van der Waals surface area contributed by atoms with E-state index in [1.165, 1.54) is 12.1 Å². The van der Waals surface area contributed by atoms with Crippen LogP contribution >= 0.6 is 0 Å². The van der Waals surface area contributed by atoms with Gasteiger partial charge < -0.3 is 9.47 Å². The number of hydrogen-bond acceptors (Lipinski definition) is 5. The Kier molecular flexibility index (Phi) is 7.01. The Morgan fingerprint density at radius 1 is 1.00 bits per heavy atom. The molecule has 0 fully saturated rings. The Bertz CT molecular complexity index is 1300. The van der Waals surface area contributed by atoms with Crippen LogP contribution in [-0.2, 0) is 22.4 Å². The molecule has 0 radical (unpaired) electrons. The van der Waals surface area contributed by atoms with E-state index >= 15 is 4.39 Å². The van der Waals surface area contributed by atoms with Crippen LogP contribution in [0, 0.1) is 11.7 Å². The van der Waals surface area contributed by atoms with Gasteiger partial charge in [-0.25, -0.2) is 9.29 Å². The highest BCUT2D eigenvalue weighted by molar-refractivity contribution is 6.37. The zero-order chi connectivity index (χ0) is 26.1. The highest BCUT2D eigenvalue weighted by atomic mass is 19.3. The molecule has 0 atom stereocenters. The monoisotopic (exact) mass is 499 g/mol. The number of alkyl halides is 2. The van der Waals surface area contributed by atoms with Gasteiger partial charge in [-0.1, -0.05) is 44.2 Å². The molecule has 0 aliphatic carbocycles. The summed E-state index contributed by atoms with van der Waals surface area (Å²) in [5.74, 6) is -3.61. The third kappa shape index (κ3) is 4.53. The molecule has 1 aliphatic heterocycles. The van der Waals surface area contributed by atoms with E-state index in [4.69, 9.17) is 9.47 Å². The van der Waals surface area contributed by atoms with Gasteiger partial charge in [-0.15, -0.1) is 0 Å². The average molecular weight is 499 g/mol. The summed E-state index contributed by atoms with van der Waals surface area (Å²) >= 11 is 0. The summed E-state index contributed by atoms with van der Waals surface area (Å²) in [6, 6.07) is 10.2. The van der Waals surface area contributed by atoms with Crippen molar-refractivity contribution in [1.29, 1.82) is 0 Å². The summed E-state index contributed by atoms with van der Waals surface area (Å²) < 4.78 is 51.6. The summed E-state index contributed by atoms with van der Waals surface area (Å²) in [6.45, 7) is 2.42. The fourth-order valence-corrected chi connectivity index (χ4v) is 4.50. The summed E-state index contributed by atoms with van der Waals surface area (Å²) in [7, 11) is 0. The molecule has 3 aromatic carbocycles. The number of nitrogens with zero attached hydrogens (tertiary/aromatic N) is 1. The van der Waals surface area contributed by atoms with Gasteiger partial charge in [0, 0.05) is 5.39 Å². The molecule has 0 N–H and O–H groups in total. The number of ether oxygens (including phenoxy) is 2. The second-order valence-corrected chi connectivity index (χ2v) is 8.79. The number of benzene rings is 3. The molecule has 6 nitrogen and oxygen atoms in total. The molecule has 188 valence electrons. The second-order valence-electron chi connectivity index (χ2n) is 8.79. The topological polar surface area (TPSA) is 72.9 Å². The van der Waals surface area contributed by atoms with Crippen molar-refractivity contribution in [2.75, 3.05) is 11.5 Å². The molecule has 4 rings (SSSR count). The van der Waals surface area contributed by atoms with Gasteiger partial charge in [0.2, 0.25) is 0 Å². The lowest BCUT2D eigenvalue weighted by Gasteiger charge is -2.17. The molecule has 1 heterocycles. The zero-order valence-electron chi connectivity index (χ0n) is 19.9. The van der Waals surface area contributed by atoms with Gasteiger partial charge >= 0.3 is 12.6 Å². The fourth-order valence-electron chi connectivity index (χ4n) is 4.50. The Labute approximate surface area is 205 Å². The first-order valence-electron chi connectivity index (χ1n) is 11.5. The maximum Gasteiger partial charge on any atom is 0.387 e. The Morgan fingerprint density at radius 3 is 2.28 bits per heavy atom. The van der Waals surface area contributed by atoms with Gasteiger partial charge in [-0.3, -0.25) is 14.4 Å². The minimum absolute atomic E-state index is 0.0650. The van der Waals surface area contributed by atoms with Crippen LogP contribution in [0.5, 0.6) is 5.75 Å². The number of fused-ring (bicyclic) bond motifs is 2. The van der Waals surface area contributed by atoms with Crippen LogP contribution in [0.4, 0.5) is 18.9 Å². The smallest absolute Gasteiger partial charge is 0.387 e. The first-order chi connectivity index (χ1) is 17.1. The lowest BCUT2D eigenvalue weighted by atomic mass is 9.89. The van der Waals surface area contributed by atoms with E-state index in [-0.39, 0.29) is 41.1 Å². The van der Waals surface area contributed by atoms with E-state index in [2.05, 4.69) is 0 Å². The van der Waals surface area contributed by atoms with Crippen molar-refractivity contribution >= 4 is 34.2 Å². The lowest BCUT2D eigenvalue weighted by Crippen LogP contribution is -2.30. The summed E-state index contributed by atoms with van der Waals surface area (Å²) in [5, 5.41) is 0.773. The van der Waals surface area contributed by atoms with E-state index in [9.17, 15) is 23.2 Å². The van der Waals surface area contributed by atoms with Gasteiger partial charge in [0.05, 0.1) is 29.8 Å². The molecule has 0 spiro atoms. The van der Waals surface area contributed by atoms with Gasteiger partial charge in [0.15, 0.2) is 0 Å². The largest absolute Gasteiger partial charge is 0.466 e. The van der Waals surface area contributed by atoms with Crippen molar-refractivity contribution in [3.8, 4) is 5.75 Å². The van der Waals surface area contributed by atoms with Gasteiger partial charge in [-0.05, 0) is 47.9 Å². The molecule has 0 aromatic heterocycles. The maximum absolute atomic E-state index is 15.2. The Hall–Kier alpha value is -3.88. The van der Waals surface area contributed by atoms with Crippen molar-refractivity contribution in [2.24, 2.45) is 5.92 Å². The van der Waals surface area contributed by atoms with Crippen LogP contribution in [0.3, 0.4) is 0 Å². The number of imide groups is 1. The molecule has 0 unspecified atom stereocenters. The number of carbonyl (C=O) groups is 3. The fraction of sp³-hybridized carbons (Fsp3) is 0.296. The molecule has 0 saturated heterocycles. The minimum Gasteiger partial charge on any atom is -0.466 e. The molecule has 3 aromatic rings. The van der Waals surface area contributed by atoms with Crippen LogP contribution in [0.2, 0.25) is 0 Å². The van der Waals surface area contributed by atoms with Crippen LogP contribution in [0.1, 0.15) is 52.6 Å². The van der Waals surface area contributed by atoms with Crippen LogP contribution in [0.25, 0.3) is 10.8 Å². The Balaban J connectivity index is 1.88. The van der Waals surface area contributed by atoms with E-state index in [0.717, 1.165) is 6.07 Å². The first-order valence-corrected chi connectivity index (χ1v) is 11.5. The van der Waals surface area contributed by atoms with E-state index in [1.54, 1.807) is 31.2 Å². The molecular weight excluding hydrogens is 475 g/mol. The maximum atomic E-state index is 15.2. The van der Waals surface area contributed by atoms with Crippen LogP contribution in [0.15, 0.2) is 42.5 Å². The zero-order valence-corrected chi connectivity index (χ0v) is 19.9. The normalized spacial score (nSPS) is 13.2. The molecule has 9 heteroatoms. The predicted octanol–water partition coefficient (Wildman–Crippen LogP) is 5.69. The van der Waals surface area contributed by atoms with Gasteiger partial charge in [-0.2, -0.15) is 8.78 Å². The van der Waals surface area contributed by atoms with Crippen LogP contribution in [-0.4, -0.2) is 31.0 Å². The lowest BCUT2D eigenvalue weighted by molar-refractivity contribution is -0.142. The average Bonchev–Trinajstić information content (AvgIpc) is 3.06. The summed E-state index contributed by atoms with van der Waals surface area (Å²) in [5.41, 5.74) is 0.0655. The molecule has 0 saturated carbocycles. The Morgan fingerprint density at radius 2 is 1.67 bits per heavy atom. The number of hydrogen-bond donors (Lipinski definition) is 0. The summed E-state index contributed by atoms with van der Waals surface area (Å²) in [4.78, 5) is 39.5. The number of rotatable bonds is 8. The molecule has 2 amide bonds. The highest BCUT2D eigenvalue weighted by Crippen LogP contribution is 2.44. The number of anilines is 1. The first kappa shape index (κ1) is 25.2. The quantitative estimate of drug-likeness (QED) is 0.294. The molecule has 36 heavy (non-hydrogen) atoms. The van der Waals surface area contributed by atoms with Crippen molar-refractivity contribution in [3.05, 3.63) is 70.5 Å². The van der Waals surface area contributed by atoms with Crippen molar-refractivity contribution < 1.29 is 37.0 Å². The van der Waals surface area contributed by atoms with E-state index in [0.29, 0.717) is 27.8 Å². The third-order valence-corrected chi connectivity index (χ3v) is 5.84. The highest BCUT2D eigenvalue weighted by Gasteiger charge is 2.44. The van der Waals surface area contributed by atoms with E-state index < -0.39 is 36.0 Å². The second kappa shape index (κ2) is 10.0. The van der Waals surface area contributed by atoms with Gasteiger partial charge in [0.25, 0.3) is 11.8 Å². The number of halogens is 3. The molecule has 1 aliphatic rings. The summed E-state index contributed by atoms with van der Waals surface area (Å²) in [6.07, 6.45) is 0.190. The van der Waals surface area contributed by atoms with E-state index in [1.807, 2.05) is 13.8 Å². The van der Waals surface area contributed by atoms with Gasteiger partial charge in [0.1, 0.15) is 11.6 Å². The SMILES string of the molecule is CCOC(=O)Cc1ccc(N2C(=O)c3c(c(OC(F)F)c4ccccc4c3CC(C)C)C2=O)c(F)c1. The van der Waals surface area contributed by atoms with Crippen molar-refractivity contribution in [3.63, 3.8) is 0 Å². The van der Waals surface area contributed by atoms with Crippen molar-refractivity contribution in [2.45, 2.75) is 40.2 Å². The van der Waals surface area contributed by atoms with Crippen LogP contribution < -0.4 is 9.64 Å². The standard InChI is InChI=1S/C27H24F3NO5/c1-4-35-21(32)13-15-9-10-20(19(28)12-15)31-25(33)22-18(11-14(2)3)16-7-5-6-8-17(16)24(36-27(29)30)23(22)26(31)34/h5-10,12,14,27H,4,11,13H2,1-3H3. The molecule has 0 bridgehead atoms. The predicted molar refractivity (Wildman–Crippen MR) is 127 cm³/mol. The number of carbonyl (C=O) groups excluding carboxylic acids is 3. The minimum atomic E-state index is -3.25. The molecular formula is C27H24F3NO5. The third-order valence-electron chi connectivity index (χ3n) is 5.84.